The third kappa shape index (κ3) is 5.29. The lowest BCUT2D eigenvalue weighted by Gasteiger charge is -2.15. The van der Waals surface area contributed by atoms with E-state index in [0.29, 0.717) is 36.3 Å². The highest BCUT2D eigenvalue weighted by atomic mass is 35.5. The number of rotatable bonds is 7. The van der Waals surface area contributed by atoms with E-state index in [2.05, 4.69) is 5.32 Å². The predicted octanol–water partition coefficient (Wildman–Crippen LogP) is 2.01. The summed E-state index contributed by atoms with van der Waals surface area (Å²) in [6.45, 7) is 0. The third-order valence-corrected chi connectivity index (χ3v) is 3.04. The number of halogens is 1. The number of amides is 2. The minimum absolute atomic E-state index is 0.370. The lowest BCUT2D eigenvalue weighted by atomic mass is 10.1. The molecular formula is C14H16ClN3O2. The van der Waals surface area contributed by atoms with Crippen molar-refractivity contribution in [3.05, 3.63) is 34.9 Å². The maximum atomic E-state index is 11.9. The van der Waals surface area contributed by atoms with Gasteiger partial charge in [-0.15, -0.1) is 0 Å². The molecule has 0 aliphatic rings. The van der Waals surface area contributed by atoms with Gasteiger partial charge in [-0.1, -0.05) is 11.6 Å². The molecule has 1 rings (SSSR count). The van der Waals surface area contributed by atoms with Crippen molar-refractivity contribution >= 4 is 23.4 Å². The molecule has 1 atom stereocenters. The molecule has 1 aromatic rings. The highest BCUT2D eigenvalue weighted by Gasteiger charge is 2.18. The molecule has 0 saturated heterocycles. The molecule has 0 saturated carbocycles. The molecule has 0 radical (unpaired) electrons. The van der Waals surface area contributed by atoms with Crippen LogP contribution in [0.3, 0.4) is 0 Å². The molecule has 0 aliphatic heterocycles. The number of primary amides is 1. The summed E-state index contributed by atoms with van der Waals surface area (Å²) in [6.07, 6.45) is 2.19. The van der Waals surface area contributed by atoms with Crippen LogP contribution in [0.15, 0.2) is 24.3 Å². The third-order valence-electron chi connectivity index (χ3n) is 2.79. The van der Waals surface area contributed by atoms with Crippen molar-refractivity contribution in [2.24, 2.45) is 5.73 Å². The average Bonchev–Trinajstić information content (AvgIpc) is 2.42. The molecule has 0 unspecified atom stereocenters. The Labute approximate surface area is 122 Å². The highest BCUT2D eigenvalue weighted by molar-refractivity contribution is 6.30. The first-order chi connectivity index (χ1) is 9.54. The summed E-state index contributed by atoms with van der Waals surface area (Å²) in [7, 11) is 0. The number of nitrogens with one attached hydrogen (secondary N) is 1. The Morgan fingerprint density at radius 1 is 1.30 bits per heavy atom. The molecule has 2 amide bonds. The van der Waals surface area contributed by atoms with Gasteiger partial charge in [-0.25, -0.2) is 0 Å². The van der Waals surface area contributed by atoms with E-state index in [9.17, 15) is 9.59 Å². The van der Waals surface area contributed by atoms with E-state index >= 15 is 0 Å². The molecule has 20 heavy (non-hydrogen) atoms. The van der Waals surface area contributed by atoms with Gasteiger partial charge in [-0.3, -0.25) is 9.59 Å². The van der Waals surface area contributed by atoms with Gasteiger partial charge in [0, 0.05) is 17.0 Å². The summed E-state index contributed by atoms with van der Waals surface area (Å²) in [5.74, 6) is -0.949. The Kier molecular flexibility index (Phi) is 6.54. The first-order valence-electron chi connectivity index (χ1n) is 6.27. The Morgan fingerprint density at radius 2 is 1.95 bits per heavy atom. The average molecular weight is 294 g/mol. The minimum Gasteiger partial charge on any atom is -0.368 e. The van der Waals surface area contributed by atoms with Crippen molar-refractivity contribution in [1.29, 1.82) is 5.26 Å². The molecule has 0 bridgehead atoms. The number of carbonyl (C=O) groups excluding carboxylic acids is 2. The van der Waals surface area contributed by atoms with Crippen LogP contribution in [-0.4, -0.2) is 17.9 Å². The van der Waals surface area contributed by atoms with Crippen LogP contribution in [0.4, 0.5) is 0 Å². The zero-order valence-corrected chi connectivity index (χ0v) is 11.7. The van der Waals surface area contributed by atoms with Gasteiger partial charge in [0.25, 0.3) is 5.91 Å². The number of hydrogen-bond acceptors (Lipinski definition) is 3. The van der Waals surface area contributed by atoms with Gasteiger partial charge in [-0.2, -0.15) is 5.26 Å². The zero-order chi connectivity index (χ0) is 15.0. The maximum Gasteiger partial charge on any atom is 0.251 e. The molecule has 0 aliphatic carbocycles. The molecule has 106 valence electrons. The van der Waals surface area contributed by atoms with Crippen molar-refractivity contribution in [3.63, 3.8) is 0 Å². The zero-order valence-electron chi connectivity index (χ0n) is 10.9. The van der Waals surface area contributed by atoms with Gasteiger partial charge >= 0.3 is 0 Å². The number of carbonyl (C=O) groups is 2. The Hall–Kier alpha value is -2.06. The topological polar surface area (TPSA) is 96.0 Å². The van der Waals surface area contributed by atoms with E-state index in [1.807, 2.05) is 6.07 Å². The van der Waals surface area contributed by atoms with Crippen LogP contribution in [0.25, 0.3) is 0 Å². The second-order valence-corrected chi connectivity index (χ2v) is 4.78. The monoisotopic (exact) mass is 293 g/mol. The van der Waals surface area contributed by atoms with Gasteiger partial charge in [-0.05, 0) is 43.5 Å². The fourth-order valence-electron chi connectivity index (χ4n) is 1.68. The van der Waals surface area contributed by atoms with Gasteiger partial charge < -0.3 is 11.1 Å². The lowest BCUT2D eigenvalue weighted by Crippen LogP contribution is -2.44. The largest absolute Gasteiger partial charge is 0.368 e. The van der Waals surface area contributed by atoms with Crippen LogP contribution in [0.5, 0.6) is 0 Å². The molecule has 5 nitrogen and oxygen atoms in total. The van der Waals surface area contributed by atoms with E-state index < -0.39 is 11.9 Å². The van der Waals surface area contributed by atoms with Crippen LogP contribution in [0.1, 0.15) is 36.0 Å². The molecule has 1 aromatic carbocycles. The molecule has 0 aromatic heterocycles. The Morgan fingerprint density at radius 3 is 2.50 bits per heavy atom. The Bertz CT molecular complexity index is 508. The van der Waals surface area contributed by atoms with Crippen LogP contribution in [0, 0.1) is 11.3 Å². The predicted molar refractivity (Wildman–Crippen MR) is 76.0 cm³/mol. The summed E-state index contributed by atoms with van der Waals surface area (Å²) in [4.78, 5) is 23.3. The van der Waals surface area contributed by atoms with Crippen molar-refractivity contribution < 1.29 is 9.59 Å². The first kappa shape index (κ1) is 16.0. The SMILES string of the molecule is N#CCCCC[C@@H](NC(=O)c1ccc(Cl)cc1)C(N)=O. The van der Waals surface area contributed by atoms with Crippen LogP contribution in [0.2, 0.25) is 5.02 Å². The summed E-state index contributed by atoms with van der Waals surface area (Å²) in [5, 5.41) is 11.6. The van der Waals surface area contributed by atoms with Crippen molar-refractivity contribution in [2.75, 3.05) is 0 Å². The van der Waals surface area contributed by atoms with Gasteiger partial charge in [0.15, 0.2) is 0 Å². The van der Waals surface area contributed by atoms with Gasteiger partial charge in [0.2, 0.25) is 5.91 Å². The molecule has 0 spiro atoms. The van der Waals surface area contributed by atoms with Gasteiger partial charge in [0.1, 0.15) is 6.04 Å². The minimum atomic E-state index is -0.725. The smallest absolute Gasteiger partial charge is 0.251 e. The van der Waals surface area contributed by atoms with E-state index in [1.165, 1.54) is 0 Å². The molecule has 0 heterocycles. The van der Waals surface area contributed by atoms with Gasteiger partial charge in [0.05, 0.1) is 6.07 Å². The number of nitriles is 1. The van der Waals surface area contributed by atoms with E-state index in [-0.39, 0.29) is 5.91 Å². The summed E-state index contributed by atoms with van der Waals surface area (Å²) >= 11 is 5.74. The molecule has 6 heteroatoms. The number of nitrogens with two attached hydrogens (primary N) is 1. The normalized spacial score (nSPS) is 11.4. The van der Waals surface area contributed by atoms with Crippen LogP contribution >= 0.6 is 11.6 Å². The summed E-state index contributed by atoms with van der Waals surface area (Å²) < 4.78 is 0. The highest BCUT2D eigenvalue weighted by Crippen LogP contribution is 2.10. The molecule has 3 N–H and O–H groups in total. The quantitative estimate of drug-likeness (QED) is 0.753. The maximum absolute atomic E-state index is 11.9. The number of benzene rings is 1. The second-order valence-electron chi connectivity index (χ2n) is 4.34. The molecule has 0 fully saturated rings. The number of hydrogen-bond donors (Lipinski definition) is 2. The fraction of sp³-hybridized carbons (Fsp3) is 0.357. The lowest BCUT2D eigenvalue weighted by molar-refractivity contribution is -0.120. The molecular weight excluding hydrogens is 278 g/mol. The standard InChI is InChI=1S/C14H16ClN3O2/c15-11-7-5-10(6-8-11)14(20)18-12(13(17)19)4-2-1-3-9-16/h5-8,12H,1-4H2,(H2,17,19)(H,18,20)/t12-/m1/s1. The first-order valence-corrected chi connectivity index (χ1v) is 6.65. The van der Waals surface area contributed by atoms with Crippen molar-refractivity contribution in [1.82, 2.24) is 5.32 Å². The van der Waals surface area contributed by atoms with Crippen LogP contribution < -0.4 is 11.1 Å². The van der Waals surface area contributed by atoms with Crippen molar-refractivity contribution in [2.45, 2.75) is 31.7 Å². The summed E-state index contributed by atoms with van der Waals surface area (Å²) in [6, 6.07) is 7.65. The number of nitrogens with zero attached hydrogens (tertiary/aromatic N) is 1. The summed E-state index contributed by atoms with van der Waals surface area (Å²) in [5.41, 5.74) is 5.68. The number of unbranched alkanes of at least 4 members (excludes halogenated alkanes) is 2. The van der Waals surface area contributed by atoms with Crippen molar-refractivity contribution in [3.8, 4) is 6.07 Å². The van der Waals surface area contributed by atoms with E-state index in [1.54, 1.807) is 24.3 Å². The van der Waals surface area contributed by atoms with E-state index in [4.69, 9.17) is 22.6 Å². The Balaban J connectivity index is 2.57. The second kappa shape index (κ2) is 8.18. The van der Waals surface area contributed by atoms with E-state index in [0.717, 1.165) is 0 Å². The fourth-order valence-corrected chi connectivity index (χ4v) is 1.81. The van der Waals surface area contributed by atoms with Crippen LogP contribution in [-0.2, 0) is 4.79 Å².